The van der Waals surface area contributed by atoms with Gasteiger partial charge in [0.15, 0.2) is 0 Å². The van der Waals surface area contributed by atoms with Gasteiger partial charge in [-0.1, -0.05) is 0 Å². The van der Waals surface area contributed by atoms with E-state index in [2.05, 4.69) is 0 Å². The van der Waals surface area contributed by atoms with Gasteiger partial charge in [-0.3, -0.25) is 0 Å². The molecule has 0 spiro atoms. The molecule has 0 heterocycles. The van der Waals surface area contributed by atoms with E-state index in [9.17, 15) is 0 Å². The first kappa shape index (κ1) is 16.0. The molecule has 0 fully saturated rings. The van der Waals surface area contributed by atoms with Gasteiger partial charge in [-0.2, -0.15) is 0 Å². The zero-order valence-electron chi connectivity index (χ0n) is 3.17. The minimum Gasteiger partial charge on any atom is 1.00 e. The Balaban J connectivity index is -0.0000000800. The molecular formula is O4ReTl2. The zero-order chi connectivity index (χ0) is 4.50. The molecule has 7 heavy (non-hydrogen) atoms. The molecule has 0 aromatic carbocycles. The first-order valence-electron chi connectivity index (χ1n) is 0.617. The van der Waals surface area contributed by atoms with Gasteiger partial charge in [0.1, 0.15) is 0 Å². The van der Waals surface area contributed by atoms with Gasteiger partial charge in [-0.25, -0.2) is 0 Å². The molecule has 0 aliphatic heterocycles. The minimum absolute atomic E-state index is 0. The van der Waals surface area contributed by atoms with Crippen LogP contribution in [0.25, 0.3) is 0 Å². The maximum absolute atomic E-state index is 8.64. The van der Waals surface area contributed by atoms with E-state index >= 15 is 0 Å². The van der Waals surface area contributed by atoms with Crippen molar-refractivity contribution in [2.24, 2.45) is 0 Å². The molecule has 0 radical (unpaired) electrons. The molecule has 4 nitrogen and oxygen atoms in total. The van der Waals surface area contributed by atoms with Crippen LogP contribution in [0, 0.1) is 0 Å². The first-order valence-corrected chi connectivity index (χ1v) is 5.05. The van der Waals surface area contributed by atoms with Gasteiger partial charge in [0.05, 0.1) is 0 Å². The van der Waals surface area contributed by atoms with Gasteiger partial charge in [-0.15, -0.1) is 0 Å². The fourth-order valence-electron chi connectivity index (χ4n) is 0. The molecule has 0 aromatic heterocycles. The summed E-state index contributed by atoms with van der Waals surface area (Å²) >= 11 is -6.11. The molecule has 0 atom stereocenters. The standard InChI is InChI=1S/4O.Re.2Tl/q;;2*-1;;2*+1. The molecule has 0 aliphatic rings. The van der Waals surface area contributed by atoms with Crippen LogP contribution in [-0.2, 0) is 23.1 Å². The van der Waals surface area contributed by atoms with Crippen molar-refractivity contribution in [1.29, 1.82) is 0 Å². The Morgan fingerprint density at radius 3 is 1.00 bits per heavy atom. The summed E-state index contributed by atoms with van der Waals surface area (Å²) < 4.78 is 34.6. The van der Waals surface area contributed by atoms with E-state index in [1.807, 2.05) is 0 Å². The maximum atomic E-state index is 8.64. The molecular weight excluding hydrogens is 659 g/mol. The third-order valence-electron chi connectivity index (χ3n) is 0. The molecule has 0 amide bonds. The van der Waals surface area contributed by atoms with Crippen LogP contribution in [0.5, 0.6) is 0 Å². The summed E-state index contributed by atoms with van der Waals surface area (Å²) in [5.41, 5.74) is 0. The van der Waals surface area contributed by atoms with E-state index in [1.54, 1.807) is 0 Å². The summed E-state index contributed by atoms with van der Waals surface area (Å²) in [7, 11) is 0. The van der Waals surface area contributed by atoms with Gasteiger partial charge >= 0.3 is 85.4 Å². The second-order valence-electron chi connectivity index (χ2n) is 0.378. The average molecular weight is 659 g/mol. The molecule has 0 saturated heterocycles. The SMILES string of the molecule is [O]=[Re](=[O])([O-])[O-].[Tl+].[Tl+]. The molecule has 0 aromatic rings. The van der Waals surface area contributed by atoms with Crippen molar-refractivity contribution in [3.63, 3.8) is 0 Å². The monoisotopic (exact) mass is 661 g/mol. The molecule has 0 rings (SSSR count). The van der Waals surface area contributed by atoms with Crippen LogP contribution >= 0.6 is 0 Å². The van der Waals surface area contributed by atoms with Gasteiger partial charge in [0, 0.05) is 0 Å². The van der Waals surface area contributed by atoms with E-state index in [0.29, 0.717) is 0 Å². The predicted molar refractivity (Wildman–Crippen MR) is 12.9 cm³/mol. The van der Waals surface area contributed by atoms with Gasteiger partial charge < -0.3 is 0 Å². The van der Waals surface area contributed by atoms with Crippen molar-refractivity contribution in [3.05, 3.63) is 0 Å². The van der Waals surface area contributed by atoms with Crippen molar-refractivity contribution >= 4 is 54.6 Å². The van der Waals surface area contributed by atoms with Crippen molar-refractivity contribution in [2.75, 3.05) is 0 Å². The quantitative estimate of drug-likeness (QED) is 0.255. The molecule has 0 unspecified atom stereocenters. The molecule has 7 heteroatoms. The predicted octanol–water partition coefficient (Wildman–Crippen LogP) is -3.38. The van der Waals surface area contributed by atoms with Crippen LogP contribution in [0.1, 0.15) is 0 Å². The van der Waals surface area contributed by atoms with Gasteiger partial charge in [0.2, 0.25) is 0 Å². The van der Waals surface area contributed by atoms with Crippen LogP contribution in [0.2, 0.25) is 0 Å². The van der Waals surface area contributed by atoms with Crippen LogP contribution in [-0.4, -0.2) is 54.6 Å². The summed E-state index contributed by atoms with van der Waals surface area (Å²) in [5, 5.41) is 0. The Bertz CT molecular complexity index is 92.9. The number of hydrogen-bond donors (Lipinski definition) is 0. The third kappa shape index (κ3) is 71.0. The van der Waals surface area contributed by atoms with Crippen LogP contribution in [0.3, 0.4) is 0 Å². The van der Waals surface area contributed by atoms with E-state index in [-0.39, 0.29) is 54.6 Å². The first-order chi connectivity index (χ1) is 2.00. The Labute approximate surface area is 84.1 Å². The average Bonchev–Trinajstić information content (AvgIpc) is 0.722. The molecule has 0 saturated carbocycles. The van der Waals surface area contributed by atoms with Crippen molar-refractivity contribution in [1.82, 2.24) is 0 Å². The summed E-state index contributed by atoms with van der Waals surface area (Å²) in [4.78, 5) is 0. The van der Waals surface area contributed by atoms with Gasteiger partial charge in [-0.05, 0) is 0 Å². The fourth-order valence-corrected chi connectivity index (χ4v) is 0. The topological polar surface area (TPSA) is 80.3 Å². The smallest absolute Gasteiger partial charge is 1.00 e. The number of rotatable bonds is 0. The summed E-state index contributed by atoms with van der Waals surface area (Å²) in [6.45, 7) is 0. The fraction of sp³-hybridized carbons (Fsp3) is 0. The van der Waals surface area contributed by atoms with Crippen LogP contribution in [0.4, 0.5) is 0 Å². The minimum atomic E-state index is -6.11. The van der Waals surface area contributed by atoms with Gasteiger partial charge in [0.25, 0.3) is 0 Å². The molecule has 37 valence electrons. The number of hydrogen-bond acceptors (Lipinski definition) is 4. The van der Waals surface area contributed by atoms with Crippen molar-refractivity contribution in [3.8, 4) is 0 Å². The molecule has 0 N–H and O–H groups in total. The van der Waals surface area contributed by atoms with E-state index in [0.717, 1.165) is 0 Å². The largest absolute Gasteiger partial charge is 1.00 e. The Morgan fingerprint density at radius 1 is 1.00 bits per heavy atom. The third-order valence-corrected chi connectivity index (χ3v) is 0. The van der Waals surface area contributed by atoms with E-state index < -0.39 is 16.2 Å². The van der Waals surface area contributed by atoms with Crippen LogP contribution < -0.4 is 7.66 Å². The normalized spacial score (nSPS) is 8.29. The Morgan fingerprint density at radius 2 is 1.00 bits per heavy atom. The zero-order valence-corrected chi connectivity index (χ0v) is 14.9. The van der Waals surface area contributed by atoms with Crippen molar-refractivity contribution < 1.29 is 30.8 Å². The van der Waals surface area contributed by atoms with Crippen LogP contribution in [0.15, 0.2) is 0 Å². The second kappa shape index (κ2) is 6.15. The summed E-state index contributed by atoms with van der Waals surface area (Å²) in [6, 6.07) is 0. The molecule has 0 bridgehead atoms. The summed E-state index contributed by atoms with van der Waals surface area (Å²) in [5.74, 6) is 0. The Hall–Kier alpha value is 2.03. The Kier molecular flexibility index (Phi) is 14.1. The van der Waals surface area contributed by atoms with Crippen molar-refractivity contribution in [2.45, 2.75) is 0 Å². The van der Waals surface area contributed by atoms with E-state index in [1.165, 1.54) is 0 Å². The van der Waals surface area contributed by atoms with E-state index in [4.69, 9.17) is 14.6 Å². The molecule has 0 aliphatic carbocycles. The summed E-state index contributed by atoms with van der Waals surface area (Å²) in [6.07, 6.45) is 0. The second-order valence-corrected chi connectivity index (χ2v) is 3.09. The maximum Gasteiger partial charge on any atom is 1.00 e.